The van der Waals surface area contributed by atoms with Gasteiger partial charge in [-0.3, -0.25) is 9.59 Å². The Kier molecular flexibility index (Phi) is 6.93. The average Bonchev–Trinajstić information content (AvgIpc) is 2.52. The summed E-state index contributed by atoms with van der Waals surface area (Å²) >= 11 is 0. The highest BCUT2D eigenvalue weighted by atomic mass is 35.5. The number of likely N-dealkylation sites (tertiary alicyclic amines) is 1. The van der Waals surface area contributed by atoms with Crippen LogP contribution in [0.25, 0.3) is 0 Å². The highest BCUT2D eigenvalue weighted by Gasteiger charge is 2.40. The molecule has 3 N–H and O–H groups in total. The quantitative estimate of drug-likeness (QED) is 0.810. The summed E-state index contributed by atoms with van der Waals surface area (Å²) in [4.78, 5) is 25.8. The number of fused-ring (bicyclic) bond motifs is 2. The molecule has 6 heteroatoms. The second kappa shape index (κ2) is 8.52. The van der Waals surface area contributed by atoms with Crippen molar-refractivity contribution in [2.24, 2.45) is 29.4 Å². The third-order valence-corrected chi connectivity index (χ3v) is 6.41. The topological polar surface area (TPSA) is 75.4 Å². The van der Waals surface area contributed by atoms with Crippen molar-refractivity contribution in [2.45, 2.75) is 57.9 Å². The van der Waals surface area contributed by atoms with Gasteiger partial charge in [0.2, 0.25) is 11.8 Å². The predicted molar refractivity (Wildman–Crippen MR) is 96.8 cm³/mol. The first-order valence-corrected chi connectivity index (χ1v) is 9.33. The van der Waals surface area contributed by atoms with Crippen molar-refractivity contribution in [3.63, 3.8) is 0 Å². The lowest BCUT2D eigenvalue weighted by molar-refractivity contribution is -0.131. The van der Waals surface area contributed by atoms with Crippen LogP contribution < -0.4 is 11.1 Å². The Morgan fingerprint density at radius 1 is 1.08 bits per heavy atom. The lowest BCUT2D eigenvalue weighted by Crippen LogP contribution is -2.49. The Hall–Kier alpha value is -0.810. The molecule has 0 radical (unpaired) electrons. The molecule has 0 aromatic rings. The van der Waals surface area contributed by atoms with Gasteiger partial charge in [0.05, 0.1) is 0 Å². The maximum absolute atomic E-state index is 12.5. The average molecular weight is 358 g/mol. The molecule has 2 aliphatic carbocycles. The first kappa shape index (κ1) is 19.5. The number of hydrogen-bond donors (Lipinski definition) is 2. The monoisotopic (exact) mass is 357 g/mol. The zero-order valence-corrected chi connectivity index (χ0v) is 15.5. The second-order valence-corrected chi connectivity index (χ2v) is 7.89. The molecule has 0 aromatic carbocycles. The minimum atomic E-state index is 0. The van der Waals surface area contributed by atoms with E-state index in [1.165, 1.54) is 19.3 Å². The molecule has 1 aliphatic heterocycles. The number of halogens is 1. The SMILES string of the molecule is CC(=O)N1CCC(CNC(=O)C2CC3CCCC(C2)C3N)CC1.Cl. The summed E-state index contributed by atoms with van der Waals surface area (Å²) < 4.78 is 0. The number of carbonyl (C=O) groups is 2. The van der Waals surface area contributed by atoms with Crippen molar-refractivity contribution in [3.05, 3.63) is 0 Å². The van der Waals surface area contributed by atoms with E-state index in [9.17, 15) is 9.59 Å². The van der Waals surface area contributed by atoms with E-state index in [0.29, 0.717) is 23.8 Å². The summed E-state index contributed by atoms with van der Waals surface area (Å²) in [6.45, 7) is 4.06. The molecule has 0 spiro atoms. The van der Waals surface area contributed by atoms with Crippen molar-refractivity contribution in [1.82, 2.24) is 10.2 Å². The predicted octanol–water partition coefficient (Wildman–Crippen LogP) is 1.94. The number of hydrogen-bond acceptors (Lipinski definition) is 3. The van der Waals surface area contributed by atoms with E-state index < -0.39 is 0 Å². The van der Waals surface area contributed by atoms with Crippen LogP contribution in [0, 0.1) is 23.7 Å². The minimum Gasteiger partial charge on any atom is -0.356 e. The Labute approximate surface area is 151 Å². The van der Waals surface area contributed by atoms with Crippen LogP contribution in [-0.2, 0) is 9.59 Å². The molecule has 3 rings (SSSR count). The maximum Gasteiger partial charge on any atom is 0.223 e. The van der Waals surface area contributed by atoms with Gasteiger partial charge in [0.1, 0.15) is 0 Å². The highest BCUT2D eigenvalue weighted by molar-refractivity contribution is 5.85. The molecule has 1 saturated heterocycles. The molecule has 2 saturated carbocycles. The van der Waals surface area contributed by atoms with Gasteiger partial charge in [-0.25, -0.2) is 0 Å². The Balaban J connectivity index is 0.00000208. The molecule has 2 unspecified atom stereocenters. The van der Waals surface area contributed by atoms with Gasteiger partial charge in [-0.1, -0.05) is 6.42 Å². The molecule has 138 valence electrons. The first-order valence-electron chi connectivity index (χ1n) is 9.33. The lowest BCUT2D eigenvalue weighted by atomic mass is 9.65. The largest absolute Gasteiger partial charge is 0.356 e. The molecule has 1 heterocycles. The molecule has 2 bridgehead atoms. The molecular formula is C18H32ClN3O2. The van der Waals surface area contributed by atoms with Gasteiger partial charge in [0, 0.05) is 38.5 Å². The molecule has 2 amide bonds. The van der Waals surface area contributed by atoms with Crippen LogP contribution in [0.5, 0.6) is 0 Å². The zero-order valence-electron chi connectivity index (χ0n) is 14.7. The van der Waals surface area contributed by atoms with E-state index >= 15 is 0 Å². The van der Waals surface area contributed by atoms with Crippen LogP contribution in [0.3, 0.4) is 0 Å². The van der Waals surface area contributed by atoms with E-state index in [1.54, 1.807) is 6.92 Å². The Morgan fingerprint density at radius 2 is 1.67 bits per heavy atom. The molecule has 5 nitrogen and oxygen atoms in total. The van der Waals surface area contributed by atoms with Crippen molar-refractivity contribution < 1.29 is 9.59 Å². The highest BCUT2D eigenvalue weighted by Crippen LogP contribution is 2.41. The molecule has 3 fully saturated rings. The van der Waals surface area contributed by atoms with Gasteiger partial charge >= 0.3 is 0 Å². The van der Waals surface area contributed by atoms with E-state index in [1.807, 2.05) is 4.90 Å². The number of amides is 2. The summed E-state index contributed by atoms with van der Waals surface area (Å²) in [5, 5.41) is 3.19. The van der Waals surface area contributed by atoms with Crippen LogP contribution in [0.15, 0.2) is 0 Å². The standard InChI is InChI=1S/C18H31N3O2.ClH/c1-12(22)21-7-5-13(6-8-21)11-20-18(23)16-9-14-3-2-4-15(10-16)17(14)19;/h13-17H,2-11,19H2,1H3,(H,20,23);1H. The Morgan fingerprint density at radius 3 is 2.21 bits per heavy atom. The number of nitrogens with two attached hydrogens (primary N) is 1. The van der Waals surface area contributed by atoms with Crippen LogP contribution >= 0.6 is 12.4 Å². The van der Waals surface area contributed by atoms with Crippen LogP contribution in [-0.4, -0.2) is 42.4 Å². The van der Waals surface area contributed by atoms with Crippen LogP contribution in [0.2, 0.25) is 0 Å². The van der Waals surface area contributed by atoms with Gasteiger partial charge in [-0.15, -0.1) is 12.4 Å². The zero-order chi connectivity index (χ0) is 16.4. The number of nitrogens with zero attached hydrogens (tertiary/aromatic N) is 1. The summed E-state index contributed by atoms with van der Waals surface area (Å²) in [5.74, 6) is 2.19. The van der Waals surface area contributed by atoms with E-state index in [2.05, 4.69) is 5.32 Å². The van der Waals surface area contributed by atoms with Crippen LogP contribution in [0.1, 0.15) is 51.9 Å². The van der Waals surface area contributed by atoms with Crippen LogP contribution in [0.4, 0.5) is 0 Å². The third-order valence-electron chi connectivity index (χ3n) is 6.41. The fraction of sp³-hybridized carbons (Fsp3) is 0.889. The van der Waals surface area contributed by atoms with Crippen molar-refractivity contribution in [1.29, 1.82) is 0 Å². The van der Waals surface area contributed by atoms with Crippen molar-refractivity contribution in [2.75, 3.05) is 19.6 Å². The van der Waals surface area contributed by atoms with E-state index in [-0.39, 0.29) is 30.1 Å². The van der Waals surface area contributed by atoms with Gasteiger partial charge in [0.25, 0.3) is 0 Å². The van der Waals surface area contributed by atoms with Gasteiger partial charge in [0.15, 0.2) is 0 Å². The fourth-order valence-corrected chi connectivity index (χ4v) is 4.84. The number of rotatable bonds is 3. The second-order valence-electron chi connectivity index (χ2n) is 7.89. The van der Waals surface area contributed by atoms with E-state index in [0.717, 1.165) is 45.3 Å². The minimum absolute atomic E-state index is 0. The number of nitrogens with one attached hydrogen (secondary N) is 1. The smallest absolute Gasteiger partial charge is 0.223 e. The fourth-order valence-electron chi connectivity index (χ4n) is 4.84. The third kappa shape index (κ3) is 4.42. The van der Waals surface area contributed by atoms with Gasteiger partial charge < -0.3 is 16.0 Å². The summed E-state index contributed by atoms with van der Waals surface area (Å²) in [6, 6.07) is 0.323. The first-order chi connectivity index (χ1) is 11.0. The molecular weight excluding hydrogens is 326 g/mol. The summed E-state index contributed by atoms with van der Waals surface area (Å²) in [6.07, 6.45) is 7.64. The van der Waals surface area contributed by atoms with Crippen molar-refractivity contribution in [3.8, 4) is 0 Å². The Bertz CT molecular complexity index is 438. The molecule has 24 heavy (non-hydrogen) atoms. The lowest BCUT2D eigenvalue weighted by Gasteiger charge is -2.43. The summed E-state index contributed by atoms with van der Waals surface area (Å²) in [7, 11) is 0. The van der Waals surface area contributed by atoms with Gasteiger partial charge in [-0.2, -0.15) is 0 Å². The molecule has 2 atom stereocenters. The van der Waals surface area contributed by atoms with Crippen molar-refractivity contribution >= 4 is 24.2 Å². The van der Waals surface area contributed by atoms with Gasteiger partial charge in [-0.05, 0) is 56.3 Å². The number of piperidine rings is 1. The van der Waals surface area contributed by atoms with E-state index in [4.69, 9.17) is 5.73 Å². The maximum atomic E-state index is 12.5. The molecule has 3 aliphatic rings. The summed E-state index contributed by atoms with van der Waals surface area (Å²) in [5.41, 5.74) is 6.31. The normalized spacial score (nSPS) is 33.5. The number of carbonyl (C=O) groups excluding carboxylic acids is 2. The molecule has 0 aromatic heterocycles.